The van der Waals surface area contributed by atoms with E-state index in [0.717, 1.165) is 60.9 Å². The van der Waals surface area contributed by atoms with Gasteiger partial charge in [-0.1, -0.05) is 55.4 Å². The Bertz CT molecular complexity index is 1660. The van der Waals surface area contributed by atoms with E-state index in [1.54, 1.807) is 18.5 Å². The number of nitrogens with zero attached hydrogens (tertiary/aromatic N) is 2. The van der Waals surface area contributed by atoms with Crippen LogP contribution in [0.4, 0.5) is 5.82 Å². The van der Waals surface area contributed by atoms with E-state index in [1.807, 2.05) is 30.3 Å². The van der Waals surface area contributed by atoms with Crippen molar-refractivity contribution in [2.24, 2.45) is 17.8 Å². The lowest BCUT2D eigenvalue weighted by Crippen LogP contribution is -2.37. The number of hydrogen-bond acceptors (Lipinski definition) is 8. The summed E-state index contributed by atoms with van der Waals surface area (Å²) in [5.41, 5.74) is 11.0. The first kappa shape index (κ1) is 36.0. The second kappa shape index (κ2) is 16.5. The van der Waals surface area contributed by atoms with Crippen molar-refractivity contribution in [3.8, 4) is 23.3 Å². The number of anilines is 1. The highest BCUT2D eigenvalue weighted by atomic mass is 16.5. The number of ether oxygens (including phenoxy) is 1. The predicted molar refractivity (Wildman–Crippen MR) is 192 cm³/mol. The highest BCUT2D eigenvalue weighted by Crippen LogP contribution is 2.48. The van der Waals surface area contributed by atoms with Crippen molar-refractivity contribution in [1.29, 1.82) is 0 Å². The molecule has 7 N–H and O–H groups in total. The highest BCUT2D eigenvalue weighted by molar-refractivity contribution is 5.52. The molecule has 3 aliphatic carbocycles. The molecule has 2 heterocycles. The molecule has 0 saturated carbocycles. The Kier molecular flexibility index (Phi) is 11.9. The Hall–Kier alpha value is -3.81. The molecule has 3 aliphatic rings. The topological polar surface area (TPSA) is 163 Å². The molecule has 3 aromatic rings. The van der Waals surface area contributed by atoms with E-state index in [4.69, 9.17) is 10.5 Å². The number of fused-ring (bicyclic) bond motifs is 4. The van der Waals surface area contributed by atoms with Crippen LogP contribution >= 0.6 is 0 Å². The molecule has 0 fully saturated rings. The maximum absolute atomic E-state index is 11.7. The number of allylic oxidation sites excluding steroid dienone is 2. The molecule has 50 heavy (non-hydrogen) atoms. The zero-order valence-electron chi connectivity index (χ0n) is 29.0. The van der Waals surface area contributed by atoms with Gasteiger partial charge in [0.1, 0.15) is 11.9 Å². The van der Waals surface area contributed by atoms with Crippen molar-refractivity contribution in [1.82, 2.24) is 9.97 Å². The predicted octanol–water partition coefficient (Wildman–Crippen LogP) is 5.15. The van der Waals surface area contributed by atoms with E-state index in [1.165, 1.54) is 5.57 Å². The Labute approximate surface area is 295 Å². The first-order chi connectivity index (χ1) is 24.2. The van der Waals surface area contributed by atoms with Gasteiger partial charge in [-0.05, 0) is 98.2 Å². The summed E-state index contributed by atoms with van der Waals surface area (Å²) < 4.78 is 6.54. The Morgan fingerprint density at radius 2 is 1.92 bits per heavy atom. The van der Waals surface area contributed by atoms with Crippen molar-refractivity contribution in [2.75, 3.05) is 12.3 Å². The van der Waals surface area contributed by atoms with E-state index in [0.29, 0.717) is 37.4 Å². The van der Waals surface area contributed by atoms with Gasteiger partial charge in [-0.3, -0.25) is 0 Å². The standard InChI is InChI=1S/C41H52N3O6/c1-2-25-6-3-4-8-35(47)41-29(10-9-25)18-27-11-12-28-20-36(48)39(24-33(28)32(27)23-37(41)49)50-38(34(46)14-17-45)21-30(19-31-7-5-15-43-31)26-13-16-44-40(42)22-26/h5,7,13,15-16,18,20,22,24-25,29-30,32,34-35,37-38,41,45-49H,2-4,6,8,11-12,14,17,19,21,23H2,1H3,(H2,42,44)/q-1. The van der Waals surface area contributed by atoms with Crippen LogP contribution in [0.1, 0.15) is 98.9 Å². The lowest BCUT2D eigenvalue weighted by Gasteiger charge is -2.33. The number of phenolic OH excluding ortho intramolecular Hbond substituents is 1. The first-order valence-corrected chi connectivity index (χ1v) is 18.4. The van der Waals surface area contributed by atoms with Gasteiger partial charge < -0.3 is 41.0 Å². The molecule has 0 aliphatic heterocycles. The largest absolute Gasteiger partial charge is 0.668 e. The number of phenols is 1. The summed E-state index contributed by atoms with van der Waals surface area (Å²) in [4.78, 5) is 8.62. The molecule has 0 spiro atoms. The van der Waals surface area contributed by atoms with Gasteiger partial charge in [-0.25, -0.2) is 4.98 Å². The average molecular weight is 683 g/mol. The SMILES string of the molecule is CCC1C#CC2C=C3CCc4cc(O)c(OC(CC(Cc5ccc[n-]5)c5ccnc(N)c5)C(O)CCO)cc4C3CC(O)C2C(O)CCCC1. The fourth-order valence-electron chi connectivity index (χ4n) is 8.35. The summed E-state index contributed by atoms with van der Waals surface area (Å²) in [5.74, 6) is 7.04. The molecule has 9 unspecified atom stereocenters. The number of nitrogens with two attached hydrogens (primary N) is 1. The van der Waals surface area contributed by atoms with E-state index in [9.17, 15) is 25.5 Å². The van der Waals surface area contributed by atoms with Crippen molar-refractivity contribution in [2.45, 2.75) is 114 Å². The third-order valence-electron chi connectivity index (χ3n) is 11.1. The number of aliphatic hydroxyl groups is 4. The number of hydrogen-bond donors (Lipinski definition) is 6. The van der Waals surface area contributed by atoms with Crippen LogP contribution in [-0.4, -0.2) is 61.5 Å². The molecule has 0 amide bonds. The molecular formula is C41H52N3O6-. The fourth-order valence-corrected chi connectivity index (χ4v) is 8.35. The summed E-state index contributed by atoms with van der Waals surface area (Å²) in [6.45, 7) is 1.95. The number of pyridine rings is 1. The molecule has 268 valence electrons. The third-order valence-corrected chi connectivity index (χ3v) is 11.1. The van der Waals surface area contributed by atoms with Crippen molar-refractivity contribution in [3.05, 3.63) is 82.8 Å². The lowest BCUT2D eigenvalue weighted by molar-refractivity contribution is -0.00726. The molecule has 0 radical (unpaired) electrons. The van der Waals surface area contributed by atoms with Crippen LogP contribution in [0.5, 0.6) is 11.5 Å². The summed E-state index contributed by atoms with van der Waals surface area (Å²) in [7, 11) is 0. The quantitative estimate of drug-likeness (QED) is 0.119. The maximum atomic E-state index is 11.7. The van der Waals surface area contributed by atoms with Crippen LogP contribution in [-0.2, 0) is 12.8 Å². The molecule has 0 bridgehead atoms. The van der Waals surface area contributed by atoms with Gasteiger partial charge in [0, 0.05) is 42.9 Å². The summed E-state index contributed by atoms with van der Waals surface area (Å²) in [5, 5.41) is 55.4. The number of benzene rings is 1. The molecule has 9 nitrogen and oxygen atoms in total. The Balaban J connectivity index is 1.32. The van der Waals surface area contributed by atoms with Gasteiger partial charge in [0.15, 0.2) is 11.5 Å². The second-order valence-corrected chi connectivity index (χ2v) is 14.5. The number of rotatable bonds is 11. The van der Waals surface area contributed by atoms with Crippen LogP contribution in [0.25, 0.3) is 0 Å². The Morgan fingerprint density at radius 1 is 1.08 bits per heavy atom. The minimum Gasteiger partial charge on any atom is -0.668 e. The molecule has 6 rings (SSSR count). The van der Waals surface area contributed by atoms with E-state index >= 15 is 0 Å². The number of aromatic hydroxyl groups is 1. The number of aromatic nitrogens is 2. The number of aryl methyl sites for hydroxylation is 1. The summed E-state index contributed by atoms with van der Waals surface area (Å²) in [6, 6.07) is 11.2. The third kappa shape index (κ3) is 8.38. The van der Waals surface area contributed by atoms with Gasteiger partial charge >= 0.3 is 0 Å². The Morgan fingerprint density at radius 3 is 2.68 bits per heavy atom. The second-order valence-electron chi connectivity index (χ2n) is 14.5. The monoisotopic (exact) mass is 682 g/mol. The fraction of sp³-hybridized carbons (Fsp3) is 0.537. The van der Waals surface area contributed by atoms with Gasteiger partial charge in [0.25, 0.3) is 0 Å². The van der Waals surface area contributed by atoms with Gasteiger partial charge in [-0.15, -0.1) is 0 Å². The van der Waals surface area contributed by atoms with Crippen LogP contribution in [0.15, 0.2) is 60.4 Å². The normalized spacial score (nSPS) is 26.8. The van der Waals surface area contributed by atoms with Gasteiger partial charge in [0.2, 0.25) is 0 Å². The van der Waals surface area contributed by atoms with E-state index in [-0.39, 0.29) is 48.2 Å². The van der Waals surface area contributed by atoms with Crippen molar-refractivity contribution in [3.63, 3.8) is 0 Å². The van der Waals surface area contributed by atoms with Crippen molar-refractivity contribution >= 4 is 5.82 Å². The van der Waals surface area contributed by atoms with Crippen LogP contribution in [0, 0.1) is 29.6 Å². The zero-order valence-corrected chi connectivity index (χ0v) is 29.0. The van der Waals surface area contributed by atoms with Crippen LogP contribution in [0.2, 0.25) is 0 Å². The molecule has 9 atom stereocenters. The number of nitrogen functional groups attached to an aromatic ring is 1. The minimum atomic E-state index is -1.02. The highest BCUT2D eigenvalue weighted by Gasteiger charge is 2.40. The molecule has 0 saturated heterocycles. The van der Waals surface area contributed by atoms with Gasteiger partial charge in [0.05, 0.1) is 18.3 Å². The molecule has 2 aromatic heterocycles. The molecule has 9 heteroatoms. The van der Waals surface area contributed by atoms with E-state index in [2.05, 4.69) is 34.8 Å². The van der Waals surface area contributed by atoms with Crippen LogP contribution < -0.4 is 15.5 Å². The summed E-state index contributed by atoms with van der Waals surface area (Å²) >= 11 is 0. The zero-order chi connectivity index (χ0) is 35.2. The molecule has 1 aromatic carbocycles. The smallest absolute Gasteiger partial charge is 0.161 e. The van der Waals surface area contributed by atoms with E-state index < -0.39 is 24.4 Å². The lowest BCUT2D eigenvalue weighted by atomic mass is 9.76. The maximum Gasteiger partial charge on any atom is 0.161 e. The minimum absolute atomic E-state index is 0.0185. The van der Waals surface area contributed by atoms with Crippen molar-refractivity contribution < 1.29 is 30.3 Å². The average Bonchev–Trinajstić information content (AvgIpc) is 3.56. The first-order valence-electron chi connectivity index (χ1n) is 18.4. The van der Waals surface area contributed by atoms with Crippen LogP contribution in [0.3, 0.4) is 0 Å². The van der Waals surface area contributed by atoms with Gasteiger partial charge in [-0.2, -0.15) is 11.9 Å². The summed E-state index contributed by atoms with van der Waals surface area (Å²) in [6.07, 6.45) is 10.0. The molecular weight excluding hydrogens is 630 g/mol. The number of aliphatic hydroxyl groups excluding tert-OH is 4.